The minimum absolute atomic E-state index is 0.00662. The summed E-state index contributed by atoms with van der Waals surface area (Å²) in [5, 5.41) is 6.22. The fourth-order valence-electron chi connectivity index (χ4n) is 1.99. The summed E-state index contributed by atoms with van der Waals surface area (Å²) in [5.74, 6) is 2.94. The monoisotopic (exact) mass is 265 g/mol. The lowest BCUT2D eigenvalue weighted by Crippen LogP contribution is -2.34. The molecule has 0 spiro atoms. The molecule has 18 heavy (non-hydrogen) atoms. The summed E-state index contributed by atoms with van der Waals surface area (Å²) in [5.41, 5.74) is 1.55. The number of pyridine rings is 1. The number of aryl methyl sites for hydroxylation is 1. The van der Waals surface area contributed by atoms with Crippen LogP contribution in [-0.4, -0.2) is 35.0 Å². The van der Waals surface area contributed by atoms with E-state index in [-0.39, 0.29) is 5.91 Å². The van der Waals surface area contributed by atoms with Gasteiger partial charge in [0.15, 0.2) is 0 Å². The van der Waals surface area contributed by atoms with E-state index < -0.39 is 0 Å². The molecule has 1 aromatic rings. The van der Waals surface area contributed by atoms with Crippen LogP contribution in [0.3, 0.4) is 0 Å². The smallest absolute Gasteiger partial charge is 0.251 e. The van der Waals surface area contributed by atoms with Crippen LogP contribution in [-0.2, 0) is 0 Å². The number of hydrogen-bond acceptors (Lipinski definition) is 4. The lowest BCUT2D eigenvalue weighted by atomic mass is 10.2. The first kappa shape index (κ1) is 13.2. The number of amides is 1. The number of nitrogens with one attached hydrogen (secondary N) is 2. The molecular formula is C13H19N3OS. The molecule has 0 aromatic carbocycles. The van der Waals surface area contributed by atoms with E-state index in [1.807, 2.05) is 37.7 Å². The zero-order valence-electron chi connectivity index (χ0n) is 10.8. The van der Waals surface area contributed by atoms with E-state index in [1.54, 1.807) is 0 Å². The average Bonchev–Trinajstić information content (AvgIpc) is 2.81. The molecule has 1 aliphatic rings. The molecule has 0 saturated carbocycles. The van der Waals surface area contributed by atoms with Crippen molar-refractivity contribution in [2.75, 3.05) is 23.4 Å². The summed E-state index contributed by atoms with van der Waals surface area (Å²) in [6, 6.07) is 3.96. The summed E-state index contributed by atoms with van der Waals surface area (Å²) in [7, 11) is 0. The highest BCUT2D eigenvalue weighted by Crippen LogP contribution is 2.18. The van der Waals surface area contributed by atoms with Crippen molar-refractivity contribution >= 4 is 23.5 Å². The Morgan fingerprint density at radius 3 is 3.06 bits per heavy atom. The lowest BCUT2D eigenvalue weighted by molar-refractivity contribution is 0.0941. The van der Waals surface area contributed by atoms with E-state index in [1.165, 1.54) is 0 Å². The summed E-state index contributed by atoms with van der Waals surface area (Å²) < 4.78 is 0. The fourth-order valence-corrected chi connectivity index (χ4v) is 3.14. The molecule has 2 rings (SSSR count). The standard InChI is InChI=1S/C13H19N3OS/c1-3-14-12-7-10(6-9(2)15-12)13(17)16-11-4-5-18-8-11/h6-7,11H,3-5,8H2,1-2H3,(H,14,15)(H,16,17). The van der Waals surface area contributed by atoms with Crippen molar-refractivity contribution in [3.8, 4) is 0 Å². The van der Waals surface area contributed by atoms with Crippen LogP contribution in [0.5, 0.6) is 0 Å². The molecule has 0 bridgehead atoms. The van der Waals surface area contributed by atoms with Gasteiger partial charge in [0.2, 0.25) is 0 Å². The first-order chi connectivity index (χ1) is 8.69. The third kappa shape index (κ3) is 3.38. The first-order valence-corrected chi connectivity index (χ1v) is 7.45. The molecule has 1 unspecified atom stereocenters. The van der Waals surface area contributed by atoms with Crippen LogP contribution < -0.4 is 10.6 Å². The van der Waals surface area contributed by atoms with Crippen LogP contribution >= 0.6 is 11.8 Å². The molecule has 1 saturated heterocycles. The SMILES string of the molecule is CCNc1cc(C(=O)NC2CCSC2)cc(C)n1. The Morgan fingerprint density at radius 2 is 2.39 bits per heavy atom. The predicted octanol–water partition coefficient (Wildman–Crippen LogP) is 2.06. The Balaban J connectivity index is 2.08. The number of rotatable bonds is 4. The molecule has 2 N–H and O–H groups in total. The van der Waals surface area contributed by atoms with Crippen molar-refractivity contribution in [3.63, 3.8) is 0 Å². The maximum Gasteiger partial charge on any atom is 0.251 e. The van der Waals surface area contributed by atoms with E-state index in [0.29, 0.717) is 11.6 Å². The van der Waals surface area contributed by atoms with Gasteiger partial charge in [-0.05, 0) is 38.2 Å². The molecule has 1 fully saturated rings. The normalized spacial score (nSPS) is 18.7. The topological polar surface area (TPSA) is 54.0 Å². The second-order valence-electron chi connectivity index (χ2n) is 4.45. The average molecular weight is 265 g/mol. The fraction of sp³-hybridized carbons (Fsp3) is 0.538. The molecule has 1 aromatic heterocycles. The molecule has 1 amide bonds. The zero-order chi connectivity index (χ0) is 13.0. The predicted molar refractivity (Wildman–Crippen MR) is 76.3 cm³/mol. The molecule has 4 nitrogen and oxygen atoms in total. The first-order valence-electron chi connectivity index (χ1n) is 6.30. The van der Waals surface area contributed by atoms with Gasteiger partial charge < -0.3 is 10.6 Å². The number of carbonyl (C=O) groups is 1. The molecule has 98 valence electrons. The molecule has 0 radical (unpaired) electrons. The molecule has 5 heteroatoms. The van der Waals surface area contributed by atoms with Crippen molar-refractivity contribution in [2.24, 2.45) is 0 Å². The van der Waals surface area contributed by atoms with E-state index in [9.17, 15) is 4.79 Å². The summed E-state index contributed by atoms with van der Waals surface area (Å²) >= 11 is 1.89. The van der Waals surface area contributed by atoms with Crippen LogP contribution in [0.25, 0.3) is 0 Å². The summed E-state index contributed by atoms with van der Waals surface area (Å²) in [6.07, 6.45) is 1.07. The minimum atomic E-state index is 0.00662. The third-order valence-electron chi connectivity index (χ3n) is 2.84. The molecular weight excluding hydrogens is 246 g/mol. The van der Waals surface area contributed by atoms with Crippen LogP contribution in [0, 0.1) is 6.92 Å². The van der Waals surface area contributed by atoms with Gasteiger partial charge in [-0.2, -0.15) is 11.8 Å². The van der Waals surface area contributed by atoms with Crippen molar-refractivity contribution in [2.45, 2.75) is 26.3 Å². The van der Waals surface area contributed by atoms with E-state index in [0.717, 1.165) is 36.0 Å². The number of thioether (sulfide) groups is 1. The Labute approximate surface area is 112 Å². The van der Waals surface area contributed by atoms with Crippen LogP contribution in [0.4, 0.5) is 5.82 Å². The van der Waals surface area contributed by atoms with E-state index in [2.05, 4.69) is 15.6 Å². The van der Waals surface area contributed by atoms with Gasteiger partial charge in [-0.1, -0.05) is 0 Å². The molecule has 1 aliphatic heterocycles. The second-order valence-corrected chi connectivity index (χ2v) is 5.60. The molecule has 1 atom stereocenters. The number of aromatic nitrogens is 1. The van der Waals surface area contributed by atoms with Crippen LogP contribution in [0.1, 0.15) is 29.4 Å². The lowest BCUT2D eigenvalue weighted by Gasteiger charge is -2.12. The van der Waals surface area contributed by atoms with Crippen molar-refractivity contribution < 1.29 is 4.79 Å². The number of nitrogens with zero attached hydrogens (tertiary/aromatic N) is 1. The Hall–Kier alpha value is -1.23. The highest BCUT2D eigenvalue weighted by Gasteiger charge is 2.18. The Morgan fingerprint density at radius 1 is 1.56 bits per heavy atom. The highest BCUT2D eigenvalue weighted by atomic mass is 32.2. The van der Waals surface area contributed by atoms with Gasteiger partial charge in [-0.3, -0.25) is 4.79 Å². The Bertz CT molecular complexity index is 430. The van der Waals surface area contributed by atoms with E-state index >= 15 is 0 Å². The second kappa shape index (κ2) is 6.09. The molecule has 2 heterocycles. The minimum Gasteiger partial charge on any atom is -0.370 e. The quantitative estimate of drug-likeness (QED) is 0.875. The zero-order valence-corrected chi connectivity index (χ0v) is 11.6. The van der Waals surface area contributed by atoms with Crippen LogP contribution in [0.2, 0.25) is 0 Å². The van der Waals surface area contributed by atoms with Crippen molar-refractivity contribution in [1.82, 2.24) is 10.3 Å². The van der Waals surface area contributed by atoms with Gasteiger partial charge in [-0.25, -0.2) is 4.98 Å². The molecule has 0 aliphatic carbocycles. The van der Waals surface area contributed by atoms with Gasteiger partial charge in [0.25, 0.3) is 5.91 Å². The van der Waals surface area contributed by atoms with Gasteiger partial charge in [0.1, 0.15) is 5.82 Å². The third-order valence-corrected chi connectivity index (χ3v) is 4.00. The largest absolute Gasteiger partial charge is 0.370 e. The maximum absolute atomic E-state index is 12.1. The van der Waals surface area contributed by atoms with Crippen molar-refractivity contribution in [3.05, 3.63) is 23.4 Å². The number of anilines is 1. The van der Waals surface area contributed by atoms with Crippen LogP contribution in [0.15, 0.2) is 12.1 Å². The number of carbonyl (C=O) groups excluding carboxylic acids is 1. The highest BCUT2D eigenvalue weighted by molar-refractivity contribution is 7.99. The Kier molecular flexibility index (Phi) is 4.47. The summed E-state index contributed by atoms with van der Waals surface area (Å²) in [4.78, 5) is 16.5. The number of hydrogen-bond donors (Lipinski definition) is 2. The van der Waals surface area contributed by atoms with Gasteiger partial charge >= 0.3 is 0 Å². The van der Waals surface area contributed by atoms with Gasteiger partial charge in [0.05, 0.1) is 0 Å². The van der Waals surface area contributed by atoms with Gasteiger partial charge in [-0.15, -0.1) is 0 Å². The van der Waals surface area contributed by atoms with E-state index in [4.69, 9.17) is 0 Å². The summed E-state index contributed by atoms with van der Waals surface area (Å²) in [6.45, 7) is 4.72. The van der Waals surface area contributed by atoms with Crippen molar-refractivity contribution in [1.29, 1.82) is 0 Å². The van der Waals surface area contributed by atoms with Gasteiger partial charge in [0, 0.05) is 29.6 Å². The maximum atomic E-state index is 12.1.